The summed E-state index contributed by atoms with van der Waals surface area (Å²) in [7, 11) is 1.89. The molecule has 1 unspecified atom stereocenters. The number of hydrogen-bond acceptors (Lipinski definition) is 3. The minimum absolute atomic E-state index is 0.0450. The van der Waals surface area contributed by atoms with Gasteiger partial charge in [-0.05, 0) is 38.8 Å². The van der Waals surface area contributed by atoms with Gasteiger partial charge in [-0.15, -0.1) is 0 Å². The Morgan fingerprint density at radius 3 is 2.52 bits per heavy atom. The third kappa shape index (κ3) is 4.12. The van der Waals surface area contributed by atoms with E-state index in [1.807, 2.05) is 58.1 Å². The summed E-state index contributed by atoms with van der Waals surface area (Å²) in [5, 5.41) is 4.42. The Bertz CT molecular complexity index is 930. The molecule has 2 heterocycles. The van der Waals surface area contributed by atoms with E-state index >= 15 is 0 Å². The second kappa shape index (κ2) is 8.85. The van der Waals surface area contributed by atoms with Crippen LogP contribution in [0, 0.1) is 18.3 Å². The van der Waals surface area contributed by atoms with Crippen molar-refractivity contribution in [1.82, 2.24) is 19.6 Å². The molecule has 2 aliphatic rings. The lowest BCUT2D eigenvalue weighted by Gasteiger charge is -2.38. The highest BCUT2D eigenvalue weighted by molar-refractivity contribution is 5.95. The van der Waals surface area contributed by atoms with Crippen molar-refractivity contribution < 1.29 is 9.59 Å². The molecule has 1 saturated carbocycles. The number of amides is 2. The lowest BCUT2D eigenvalue weighted by Crippen LogP contribution is -2.43. The average molecular weight is 423 g/mol. The minimum atomic E-state index is -0.132. The van der Waals surface area contributed by atoms with Gasteiger partial charge in [-0.25, -0.2) is 0 Å². The summed E-state index contributed by atoms with van der Waals surface area (Å²) in [4.78, 5) is 30.6. The van der Waals surface area contributed by atoms with Crippen LogP contribution in [-0.2, 0) is 17.9 Å². The average Bonchev–Trinajstić information content (AvgIpc) is 3.34. The van der Waals surface area contributed by atoms with Gasteiger partial charge >= 0.3 is 0 Å². The summed E-state index contributed by atoms with van der Waals surface area (Å²) in [6.45, 7) is 6.72. The minimum Gasteiger partial charge on any atom is -0.341 e. The van der Waals surface area contributed by atoms with Gasteiger partial charge in [0, 0.05) is 55.5 Å². The summed E-state index contributed by atoms with van der Waals surface area (Å²) in [5.41, 5.74) is 2.82. The van der Waals surface area contributed by atoms with E-state index in [1.165, 1.54) is 6.42 Å². The molecule has 31 heavy (non-hydrogen) atoms. The van der Waals surface area contributed by atoms with Gasteiger partial charge in [0.15, 0.2) is 0 Å². The monoisotopic (exact) mass is 422 g/mol. The standard InChI is InChI=1S/C25H34N4O2/c1-4-29-19(2)21(15-26-29)16-27(3)24(31)22-17-28(18-25(22)13-9-6-10-14-25)23(30)20-11-7-5-8-12-20/h5,7-8,11-12,15,22H,4,6,9-10,13-14,16-18H2,1-3H3. The molecule has 0 N–H and O–H groups in total. The number of benzene rings is 1. The van der Waals surface area contributed by atoms with Gasteiger partial charge < -0.3 is 9.80 Å². The largest absolute Gasteiger partial charge is 0.341 e. The molecule has 1 aromatic carbocycles. The molecule has 1 saturated heterocycles. The van der Waals surface area contributed by atoms with Crippen LogP contribution >= 0.6 is 0 Å². The highest BCUT2D eigenvalue weighted by Crippen LogP contribution is 2.48. The summed E-state index contributed by atoms with van der Waals surface area (Å²) in [6.07, 6.45) is 7.44. The van der Waals surface area contributed by atoms with Crippen molar-refractivity contribution in [3.05, 3.63) is 53.3 Å². The smallest absolute Gasteiger partial charge is 0.253 e. The molecule has 2 amide bonds. The first-order valence-corrected chi connectivity index (χ1v) is 11.6. The van der Waals surface area contributed by atoms with Gasteiger partial charge in [0.25, 0.3) is 5.91 Å². The van der Waals surface area contributed by atoms with Crippen molar-refractivity contribution in [3.63, 3.8) is 0 Å². The van der Waals surface area contributed by atoms with Crippen LogP contribution in [0.15, 0.2) is 36.5 Å². The van der Waals surface area contributed by atoms with Gasteiger partial charge in [-0.1, -0.05) is 37.5 Å². The molecular weight excluding hydrogens is 388 g/mol. The molecule has 1 aliphatic carbocycles. The van der Waals surface area contributed by atoms with E-state index < -0.39 is 0 Å². The Morgan fingerprint density at radius 1 is 1.16 bits per heavy atom. The second-order valence-corrected chi connectivity index (χ2v) is 9.29. The van der Waals surface area contributed by atoms with Gasteiger partial charge in [-0.2, -0.15) is 5.10 Å². The molecule has 4 rings (SSSR count). The number of rotatable bonds is 5. The van der Waals surface area contributed by atoms with Gasteiger partial charge in [0.05, 0.1) is 12.1 Å². The zero-order valence-corrected chi connectivity index (χ0v) is 19.0. The van der Waals surface area contributed by atoms with E-state index in [0.29, 0.717) is 25.2 Å². The lowest BCUT2D eigenvalue weighted by atomic mass is 9.67. The predicted molar refractivity (Wildman–Crippen MR) is 120 cm³/mol. The van der Waals surface area contributed by atoms with Crippen molar-refractivity contribution in [3.8, 4) is 0 Å². The highest BCUT2D eigenvalue weighted by Gasteiger charge is 2.52. The Labute approximate surface area is 185 Å². The zero-order valence-electron chi connectivity index (χ0n) is 19.0. The number of carbonyl (C=O) groups is 2. The Kier molecular flexibility index (Phi) is 6.17. The van der Waals surface area contributed by atoms with Crippen LogP contribution in [-0.4, -0.2) is 51.5 Å². The Balaban J connectivity index is 1.54. The molecule has 1 spiro atoms. The number of carbonyl (C=O) groups excluding carboxylic acids is 2. The predicted octanol–water partition coefficient (Wildman–Crippen LogP) is 3.89. The lowest BCUT2D eigenvalue weighted by molar-refractivity contribution is -0.138. The van der Waals surface area contributed by atoms with E-state index in [9.17, 15) is 9.59 Å². The number of aryl methyl sites for hydroxylation is 1. The van der Waals surface area contributed by atoms with Crippen LogP contribution in [0.25, 0.3) is 0 Å². The van der Waals surface area contributed by atoms with Crippen molar-refractivity contribution >= 4 is 11.8 Å². The van der Waals surface area contributed by atoms with E-state index in [4.69, 9.17) is 0 Å². The first-order chi connectivity index (χ1) is 14.9. The molecule has 0 radical (unpaired) electrons. The fourth-order valence-electron chi connectivity index (χ4n) is 5.55. The molecule has 0 bridgehead atoms. The quantitative estimate of drug-likeness (QED) is 0.734. The Hall–Kier alpha value is -2.63. The van der Waals surface area contributed by atoms with E-state index in [-0.39, 0.29) is 23.1 Å². The summed E-state index contributed by atoms with van der Waals surface area (Å²) >= 11 is 0. The van der Waals surface area contributed by atoms with Crippen LogP contribution in [0.2, 0.25) is 0 Å². The van der Waals surface area contributed by atoms with Crippen molar-refractivity contribution in [2.45, 2.75) is 59.0 Å². The topological polar surface area (TPSA) is 58.4 Å². The molecule has 1 atom stereocenters. The third-order valence-electron chi connectivity index (χ3n) is 7.39. The van der Waals surface area contributed by atoms with Gasteiger partial charge in [0.2, 0.25) is 5.91 Å². The maximum atomic E-state index is 13.7. The number of nitrogens with zero attached hydrogens (tertiary/aromatic N) is 4. The summed E-state index contributed by atoms with van der Waals surface area (Å²) < 4.78 is 1.96. The molecule has 6 nitrogen and oxygen atoms in total. The number of aromatic nitrogens is 2. The van der Waals surface area contributed by atoms with Crippen molar-refractivity contribution in [2.75, 3.05) is 20.1 Å². The fraction of sp³-hybridized carbons (Fsp3) is 0.560. The van der Waals surface area contributed by atoms with Crippen LogP contribution < -0.4 is 0 Å². The second-order valence-electron chi connectivity index (χ2n) is 9.29. The fourth-order valence-corrected chi connectivity index (χ4v) is 5.55. The summed E-state index contributed by atoms with van der Waals surface area (Å²) in [5.74, 6) is 0.0736. The van der Waals surface area contributed by atoms with Crippen LogP contribution in [0.5, 0.6) is 0 Å². The van der Waals surface area contributed by atoms with Crippen LogP contribution in [0.3, 0.4) is 0 Å². The number of hydrogen-bond donors (Lipinski definition) is 0. The maximum absolute atomic E-state index is 13.7. The van der Waals surface area contributed by atoms with Crippen LogP contribution in [0.4, 0.5) is 0 Å². The number of likely N-dealkylation sites (tertiary alicyclic amines) is 1. The first-order valence-electron chi connectivity index (χ1n) is 11.6. The molecule has 6 heteroatoms. The van der Waals surface area contributed by atoms with E-state index in [0.717, 1.165) is 43.5 Å². The zero-order chi connectivity index (χ0) is 22.0. The molecule has 1 aromatic heterocycles. The normalized spacial score (nSPS) is 20.2. The molecular formula is C25H34N4O2. The summed E-state index contributed by atoms with van der Waals surface area (Å²) in [6, 6.07) is 9.45. The van der Waals surface area contributed by atoms with E-state index in [1.54, 1.807) is 0 Å². The highest BCUT2D eigenvalue weighted by atomic mass is 16.2. The first kappa shape index (κ1) is 21.6. The molecule has 1 aliphatic heterocycles. The molecule has 2 fully saturated rings. The van der Waals surface area contributed by atoms with Crippen LogP contribution in [0.1, 0.15) is 60.6 Å². The van der Waals surface area contributed by atoms with Gasteiger partial charge in [0.1, 0.15) is 0 Å². The van der Waals surface area contributed by atoms with Crippen molar-refractivity contribution in [1.29, 1.82) is 0 Å². The van der Waals surface area contributed by atoms with E-state index in [2.05, 4.69) is 18.9 Å². The third-order valence-corrected chi connectivity index (χ3v) is 7.39. The SMILES string of the molecule is CCn1ncc(CN(C)C(=O)C2CN(C(=O)c3ccccc3)CC23CCCCC3)c1C. The molecule has 166 valence electrons. The molecule has 2 aromatic rings. The maximum Gasteiger partial charge on any atom is 0.253 e. The Morgan fingerprint density at radius 2 is 1.87 bits per heavy atom. The van der Waals surface area contributed by atoms with Crippen molar-refractivity contribution in [2.24, 2.45) is 11.3 Å². The van der Waals surface area contributed by atoms with Gasteiger partial charge in [-0.3, -0.25) is 14.3 Å².